The van der Waals surface area contributed by atoms with E-state index in [1.807, 2.05) is 30.4 Å². The van der Waals surface area contributed by atoms with E-state index in [4.69, 9.17) is 4.52 Å². The van der Waals surface area contributed by atoms with Crippen LogP contribution in [0.15, 0.2) is 4.52 Å². The lowest BCUT2D eigenvalue weighted by Crippen LogP contribution is -2.41. The fourth-order valence-corrected chi connectivity index (χ4v) is 3.31. The zero-order valence-electron chi connectivity index (χ0n) is 14.2. The van der Waals surface area contributed by atoms with Crippen LogP contribution in [-0.2, 0) is 6.42 Å². The Morgan fingerprint density at radius 1 is 1.35 bits per heavy atom. The summed E-state index contributed by atoms with van der Waals surface area (Å²) in [6.07, 6.45) is 2.66. The van der Waals surface area contributed by atoms with Gasteiger partial charge in [-0.2, -0.15) is 5.10 Å². The first-order valence-corrected chi connectivity index (χ1v) is 8.15. The lowest BCUT2D eigenvalue weighted by molar-refractivity contribution is 0.0668. The number of aryl methyl sites for hydroxylation is 4. The average Bonchev–Trinajstić information content (AvgIpc) is 3.08. The summed E-state index contributed by atoms with van der Waals surface area (Å²) in [5, 5.41) is 8.47. The first kappa shape index (κ1) is 15.7. The molecule has 3 heterocycles. The van der Waals surface area contributed by atoms with Crippen molar-refractivity contribution in [2.75, 3.05) is 13.1 Å². The number of carbonyl (C=O) groups is 1. The molecule has 7 nitrogen and oxygen atoms in total. The highest BCUT2D eigenvalue weighted by atomic mass is 16.5. The molecule has 7 heteroatoms. The SMILES string of the molecule is CCc1noc(C)c1C(=O)N1CCC[C@@H](n2nc(C)nc2C)C1. The summed E-state index contributed by atoms with van der Waals surface area (Å²) in [7, 11) is 0. The maximum atomic E-state index is 12.9. The third-order valence-electron chi connectivity index (χ3n) is 4.42. The molecular weight excluding hydrogens is 294 g/mol. The van der Waals surface area contributed by atoms with Gasteiger partial charge in [0.05, 0.1) is 11.7 Å². The fourth-order valence-electron chi connectivity index (χ4n) is 3.31. The van der Waals surface area contributed by atoms with Gasteiger partial charge in [0.1, 0.15) is 23.0 Å². The Morgan fingerprint density at radius 3 is 2.78 bits per heavy atom. The molecular formula is C16H23N5O2. The number of piperidine rings is 1. The molecule has 0 unspecified atom stereocenters. The van der Waals surface area contributed by atoms with Crippen LogP contribution in [0.4, 0.5) is 0 Å². The molecule has 2 aromatic heterocycles. The highest BCUT2D eigenvalue weighted by molar-refractivity contribution is 5.96. The van der Waals surface area contributed by atoms with Crippen molar-refractivity contribution >= 4 is 5.91 Å². The van der Waals surface area contributed by atoms with Crippen LogP contribution in [0.3, 0.4) is 0 Å². The number of hydrogen-bond donors (Lipinski definition) is 0. The van der Waals surface area contributed by atoms with E-state index in [1.54, 1.807) is 6.92 Å². The smallest absolute Gasteiger partial charge is 0.259 e. The van der Waals surface area contributed by atoms with Crippen molar-refractivity contribution in [1.82, 2.24) is 24.8 Å². The van der Waals surface area contributed by atoms with Crippen LogP contribution in [0, 0.1) is 20.8 Å². The number of carbonyl (C=O) groups excluding carboxylic acids is 1. The van der Waals surface area contributed by atoms with Crippen LogP contribution in [-0.4, -0.2) is 43.8 Å². The monoisotopic (exact) mass is 317 g/mol. The summed E-state index contributed by atoms with van der Waals surface area (Å²) in [5.74, 6) is 2.29. The predicted octanol–water partition coefficient (Wildman–Crippen LogP) is 2.23. The maximum absolute atomic E-state index is 12.9. The first-order valence-electron chi connectivity index (χ1n) is 8.15. The molecule has 0 radical (unpaired) electrons. The molecule has 0 N–H and O–H groups in total. The molecule has 0 aromatic carbocycles. The van der Waals surface area contributed by atoms with Gasteiger partial charge in [0, 0.05) is 13.1 Å². The number of aromatic nitrogens is 4. The summed E-state index contributed by atoms with van der Waals surface area (Å²) >= 11 is 0. The van der Waals surface area contributed by atoms with Crippen molar-refractivity contribution < 1.29 is 9.32 Å². The van der Waals surface area contributed by atoms with E-state index in [1.165, 1.54) is 0 Å². The molecule has 0 aliphatic carbocycles. The Bertz CT molecular complexity index is 718. The van der Waals surface area contributed by atoms with Crippen LogP contribution in [0.5, 0.6) is 0 Å². The van der Waals surface area contributed by atoms with Gasteiger partial charge in [-0.25, -0.2) is 9.67 Å². The van der Waals surface area contributed by atoms with E-state index in [0.29, 0.717) is 24.3 Å². The van der Waals surface area contributed by atoms with Gasteiger partial charge in [0.25, 0.3) is 5.91 Å². The zero-order valence-corrected chi connectivity index (χ0v) is 14.2. The van der Waals surface area contributed by atoms with E-state index >= 15 is 0 Å². The lowest BCUT2D eigenvalue weighted by Gasteiger charge is -2.33. The highest BCUT2D eigenvalue weighted by Gasteiger charge is 2.30. The van der Waals surface area contributed by atoms with E-state index in [2.05, 4.69) is 15.2 Å². The molecule has 2 aromatic rings. The standard InChI is InChI=1S/C16H23N5O2/c1-5-14-15(10(2)23-19-14)16(22)20-8-6-7-13(9-20)21-12(4)17-11(3)18-21/h13H,5-9H2,1-4H3/t13-/m1/s1. The fraction of sp³-hybridized carbons (Fsp3) is 0.625. The lowest BCUT2D eigenvalue weighted by atomic mass is 10.0. The van der Waals surface area contributed by atoms with Crippen LogP contribution in [0.1, 0.15) is 59.3 Å². The molecule has 0 saturated carbocycles. The van der Waals surface area contributed by atoms with Gasteiger partial charge in [-0.05, 0) is 40.0 Å². The van der Waals surface area contributed by atoms with Gasteiger partial charge < -0.3 is 9.42 Å². The van der Waals surface area contributed by atoms with Gasteiger partial charge in [-0.1, -0.05) is 12.1 Å². The average molecular weight is 317 g/mol. The normalized spacial score (nSPS) is 18.4. The summed E-state index contributed by atoms with van der Waals surface area (Å²) in [5.41, 5.74) is 1.36. The molecule has 1 amide bonds. The number of amides is 1. The van der Waals surface area contributed by atoms with E-state index in [0.717, 1.165) is 36.7 Å². The molecule has 1 fully saturated rings. The molecule has 3 rings (SSSR count). The minimum atomic E-state index is 0.0137. The Labute approximate surface area is 135 Å². The second kappa shape index (κ2) is 6.14. The summed E-state index contributed by atoms with van der Waals surface area (Å²) in [6, 6.07) is 0.180. The maximum Gasteiger partial charge on any atom is 0.259 e. The molecule has 0 spiro atoms. The van der Waals surface area contributed by atoms with E-state index < -0.39 is 0 Å². The van der Waals surface area contributed by atoms with Crippen LogP contribution in [0.25, 0.3) is 0 Å². The number of nitrogens with zero attached hydrogens (tertiary/aromatic N) is 5. The molecule has 23 heavy (non-hydrogen) atoms. The Balaban J connectivity index is 1.82. The molecule has 124 valence electrons. The van der Waals surface area contributed by atoms with Crippen molar-refractivity contribution in [2.24, 2.45) is 0 Å². The van der Waals surface area contributed by atoms with Gasteiger partial charge in [0.2, 0.25) is 0 Å². The Hall–Kier alpha value is -2.18. The quantitative estimate of drug-likeness (QED) is 0.867. The summed E-state index contributed by atoms with van der Waals surface area (Å²) in [6.45, 7) is 9.04. The molecule has 0 bridgehead atoms. The van der Waals surface area contributed by atoms with Crippen molar-refractivity contribution in [1.29, 1.82) is 0 Å². The largest absolute Gasteiger partial charge is 0.361 e. The van der Waals surface area contributed by atoms with Crippen LogP contribution >= 0.6 is 0 Å². The Morgan fingerprint density at radius 2 is 2.13 bits per heavy atom. The zero-order chi connectivity index (χ0) is 16.6. The van der Waals surface area contributed by atoms with Crippen molar-refractivity contribution in [2.45, 2.75) is 53.0 Å². The third-order valence-corrected chi connectivity index (χ3v) is 4.42. The minimum Gasteiger partial charge on any atom is -0.361 e. The van der Waals surface area contributed by atoms with E-state index in [-0.39, 0.29) is 11.9 Å². The molecule has 1 aliphatic rings. The van der Waals surface area contributed by atoms with Crippen LogP contribution < -0.4 is 0 Å². The molecule has 1 aliphatic heterocycles. The number of hydrogen-bond acceptors (Lipinski definition) is 5. The second-order valence-electron chi connectivity index (χ2n) is 6.11. The minimum absolute atomic E-state index is 0.0137. The second-order valence-corrected chi connectivity index (χ2v) is 6.11. The van der Waals surface area contributed by atoms with Gasteiger partial charge >= 0.3 is 0 Å². The number of likely N-dealkylation sites (tertiary alicyclic amines) is 1. The Kier molecular flexibility index (Phi) is 4.19. The number of rotatable bonds is 3. The molecule has 1 saturated heterocycles. The van der Waals surface area contributed by atoms with Crippen molar-refractivity contribution in [3.63, 3.8) is 0 Å². The summed E-state index contributed by atoms with van der Waals surface area (Å²) in [4.78, 5) is 19.2. The van der Waals surface area contributed by atoms with Crippen molar-refractivity contribution in [3.8, 4) is 0 Å². The third kappa shape index (κ3) is 2.87. The van der Waals surface area contributed by atoms with Crippen LogP contribution in [0.2, 0.25) is 0 Å². The highest BCUT2D eigenvalue weighted by Crippen LogP contribution is 2.25. The van der Waals surface area contributed by atoms with Gasteiger partial charge in [-0.3, -0.25) is 4.79 Å². The topological polar surface area (TPSA) is 77.0 Å². The molecule has 1 atom stereocenters. The van der Waals surface area contributed by atoms with Gasteiger partial charge in [0.15, 0.2) is 0 Å². The predicted molar refractivity (Wildman–Crippen MR) is 84.3 cm³/mol. The van der Waals surface area contributed by atoms with Gasteiger partial charge in [-0.15, -0.1) is 0 Å². The van der Waals surface area contributed by atoms with Crippen molar-refractivity contribution in [3.05, 3.63) is 28.7 Å². The van der Waals surface area contributed by atoms with E-state index in [9.17, 15) is 4.79 Å². The first-order chi connectivity index (χ1) is 11.0. The summed E-state index contributed by atoms with van der Waals surface area (Å²) < 4.78 is 7.16.